The van der Waals surface area contributed by atoms with E-state index in [4.69, 9.17) is 11.6 Å². The predicted octanol–water partition coefficient (Wildman–Crippen LogP) is 5.53. The van der Waals surface area contributed by atoms with Crippen LogP contribution >= 0.6 is 11.6 Å². The molecule has 0 aromatic rings. The van der Waals surface area contributed by atoms with E-state index in [1.807, 2.05) is 0 Å². The van der Waals surface area contributed by atoms with E-state index in [1.54, 1.807) is 0 Å². The van der Waals surface area contributed by atoms with Crippen molar-refractivity contribution in [2.75, 3.05) is 5.88 Å². The van der Waals surface area contributed by atoms with Crippen molar-refractivity contribution in [3.8, 4) is 0 Å². The van der Waals surface area contributed by atoms with Gasteiger partial charge in [0.2, 0.25) is 0 Å². The summed E-state index contributed by atoms with van der Waals surface area (Å²) in [6.45, 7) is 2.28. The molecule has 0 amide bonds. The monoisotopic (exact) mass is 292 g/mol. The number of hydrogen-bond acceptors (Lipinski definition) is 2. The molecule has 0 spiro atoms. The van der Waals surface area contributed by atoms with Crippen molar-refractivity contribution in [1.29, 1.82) is 0 Å². The lowest BCUT2D eigenvalue weighted by Crippen LogP contribution is -2.02. The second kappa shape index (κ2) is 23.3. The summed E-state index contributed by atoms with van der Waals surface area (Å²) >= 11 is 5.64. The number of nitrogens with two attached hydrogens (primary N) is 2. The SMILES string of the molecule is CCCCCCCCCCCCCCCCCl.NN. The molecule has 0 rings (SSSR count). The van der Waals surface area contributed by atoms with Gasteiger partial charge in [-0.15, -0.1) is 11.6 Å². The normalized spacial score (nSPS) is 10.1. The highest BCUT2D eigenvalue weighted by molar-refractivity contribution is 6.17. The summed E-state index contributed by atoms with van der Waals surface area (Å²) in [5.74, 6) is 8.85. The molecule has 0 fully saturated rings. The molecule has 4 N–H and O–H groups in total. The zero-order chi connectivity index (χ0) is 14.6. The third-order valence-electron chi connectivity index (χ3n) is 3.49. The molecule has 0 bridgehead atoms. The maximum atomic E-state index is 5.64. The minimum Gasteiger partial charge on any atom is -0.274 e. The van der Waals surface area contributed by atoms with E-state index in [1.165, 1.54) is 89.9 Å². The molecule has 118 valence electrons. The van der Waals surface area contributed by atoms with E-state index < -0.39 is 0 Å². The van der Waals surface area contributed by atoms with Gasteiger partial charge in [0.15, 0.2) is 0 Å². The summed E-state index contributed by atoms with van der Waals surface area (Å²) in [6, 6.07) is 0. The summed E-state index contributed by atoms with van der Waals surface area (Å²) in [6.07, 6.45) is 19.8. The van der Waals surface area contributed by atoms with Crippen molar-refractivity contribution in [3.63, 3.8) is 0 Å². The van der Waals surface area contributed by atoms with Crippen LogP contribution < -0.4 is 11.7 Å². The first-order valence-electron chi connectivity index (χ1n) is 8.31. The molecule has 0 aromatic heterocycles. The molecular formula is C16H37ClN2. The number of alkyl halides is 1. The number of unbranched alkanes of at least 4 members (excludes halogenated alkanes) is 13. The van der Waals surface area contributed by atoms with Crippen molar-refractivity contribution >= 4 is 11.6 Å². The van der Waals surface area contributed by atoms with E-state index in [2.05, 4.69) is 18.6 Å². The molecule has 0 aliphatic heterocycles. The highest BCUT2D eigenvalue weighted by Crippen LogP contribution is 2.12. The van der Waals surface area contributed by atoms with Crippen LogP contribution in [-0.4, -0.2) is 5.88 Å². The maximum absolute atomic E-state index is 5.64. The number of rotatable bonds is 14. The third kappa shape index (κ3) is 23.7. The van der Waals surface area contributed by atoms with Gasteiger partial charge in [0.05, 0.1) is 0 Å². The third-order valence-corrected chi connectivity index (χ3v) is 3.75. The van der Waals surface area contributed by atoms with Gasteiger partial charge in [-0.1, -0.05) is 90.4 Å². The Balaban J connectivity index is 0. The van der Waals surface area contributed by atoms with Gasteiger partial charge in [-0.2, -0.15) is 0 Å². The summed E-state index contributed by atoms with van der Waals surface area (Å²) in [7, 11) is 0. The Bertz CT molecular complexity index is 118. The molecule has 0 unspecified atom stereocenters. The average molecular weight is 293 g/mol. The highest BCUT2D eigenvalue weighted by Gasteiger charge is 1.93. The average Bonchev–Trinajstić information content (AvgIpc) is 2.46. The molecule has 0 heterocycles. The minimum atomic E-state index is 0.845. The van der Waals surface area contributed by atoms with Crippen LogP contribution in [0, 0.1) is 0 Å². The van der Waals surface area contributed by atoms with Gasteiger partial charge in [0.25, 0.3) is 0 Å². The van der Waals surface area contributed by atoms with Crippen LogP contribution in [0.25, 0.3) is 0 Å². The summed E-state index contributed by atoms with van der Waals surface area (Å²) < 4.78 is 0. The Morgan fingerprint density at radius 2 is 0.789 bits per heavy atom. The van der Waals surface area contributed by atoms with Crippen LogP contribution in [-0.2, 0) is 0 Å². The lowest BCUT2D eigenvalue weighted by Gasteiger charge is -2.02. The van der Waals surface area contributed by atoms with Crippen molar-refractivity contribution in [1.82, 2.24) is 0 Å². The van der Waals surface area contributed by atoms with Crippen LogP contribution in [0.15, 0.2) is 0 Å². The van der Waals surface area contributed by atoms with E-state index in [0.29, 0.717) is 0 Å². The predicted molar refractivity (Wildman–Crippen MR) is 89.4 cm³/mol. The second-order valence-corrected chi connectivity index (χ2v) is 5.66. The standard InChI is InChI=1S/C16H33Cl.H4N2/c1-2-3-4-5-6-7-8-9-10-11-12-13-14-15-16-17;1-2/h2-16H2,1H3;1-2H2. The fourth-order valence-electron chi connectivity index (χ4n) is 2.29. The van der Waals surface area contributed by atoms with Crippen LogP contribution in [0.2, 0.25) is 0 Å². The molecular weight excluding hydrogens is 256 g/mol. The maximum Gasteiger partial charge on any atom is 0.0223 e. The fraction of sp³-hybridized carbons (Fsp3) is 1.00. The molecule has 0 radical (unpaired) electrons. The van der Waals surface area contributed by atoms with E-state index >= 15 is 0 Å². The lowest BCUT2D eigenvalue weighted by molar-refractivity contribution is 0.538. The first kappa shape index (κ1) is 21.5. The second-order valence-electron chi connectivity index (χ2n) is 5.29. The lowest BCUT2D eigenvalue weighted by atomic mass is 10.0. The Morgan fingerprint density at radius 3 is 1.05 bits per heavy atom. The van der Waals surface area contributed by atoms with Gasteiger partial charge < -0.3 is 0 Å². The molecule has 0 atom stereocenters. The molecule has 19 heavy (non-hydrogen) atoms. The van der Waals surface area contributed by atoms with Gasteiger partial charge in [0, 0.05) is 5.88 Å². The number of hydrazine groups is 1. The molecule has 3 heteroatoms. The van der Waals surface area contributed by atoms with Crippen LogP contribution in [0.5, 0.6) is 0 Å². The van der Waals surface area contributed by atoms with Gasteiger partial charge in [-0.25, -0.2) is 0 Å². The number of halogens is 1. The Kier molecular flexibility index (Phi) is 26.4. The molecule has 0 saturated heterocycles. The van der Waals surface area contributed by atoms with Gasteiger partial charge in [0.1, 0.15) is 0 Å². The summed E-state index contributed by atoms with van der Waals surface area (Å²) in [4.78, 5) is 0. The van der Waals surface area contributed by atoms with E-state index in [-0.39, 0.29) is 0 Å². The fourth-order valence-corrected chi connectivity index (χ4v) is 2.48. The minimum absolute atomic E-state index is 0.845. The Labute approximate surface area is 126 Å². The zero-order valence-electron chi connectivity index (χ0n) is 13.1. The quantitative estimate of drug-likeness (QED) is 0.191. The van der Waals surface area contributed by atoms with Gasteiger partial charge in [-0.3, -0.25) is 11.7 Å². The van der Waals surface area contributed by atoms with Gasteiger partial charge >= 0.3 is 0 Å². The Morgan fingerprint density at radius 1 is 0.526 bits per heavy atom. The number of hydrogen-bond donors (Lipinski definition) is 2. The zero-order valence-corrected chi connectivity index (χ0v) is 13.9. The highest BCUT2D eigenvalue weighted by atomic mass is 35.5. The molecule has 0 aliphatic rings. The molecule has 0 aliphatic carbocycles. The smallest absolute Gasteiger partial charge is 0.0223 e. The van der Waals surface area contributed by atoms with E-state index in [0.717, 1.165) is 5.88 Å². The summed E-state index contributed by atoms with van der Waals surface area (Å²) in [5, 5.41) is 0. The van der Waals surface area contributed by atoms with Gasteiger partial charge in [-0.05, 0) is 6.42 Å². The molecule has 2 nitrogen and oxygen atoms in total. The van der Waals surface area contributed by atoms with Crippen molar-refractivity contribution in [3.05, 3.63) is 0 Å². The molecule has 0 saturated carbocycles. The van der Waals surface area contributed by atoms with Crippen molar-refractivity contribution in [2.24, 2.45) is 11.7 Å². The Hall–Kier alpha value is 0.210. The van der Waals surface area contributed by atoms with Crippen LogP contribution in [0.4, 0.5) is 0 Å². The van der Waals surface area contributed by atoms with Crippen molar-refractivity contribution < 1.29 is 0 Å². The summed E-state index contributed by atoms with van der Waals surface area (Å²) in [5.41, 5.74) is 0. The first-order valence-corrected chi connectivity index (χ1v) is 8.84. The van der Waals surface area contributed by atoms with E-state index in [9.17, 15) is 0 Å². The van der Waals surface area contributed by atoms with Crippen LogP contribution in [0.1, 0.15) is 96.8 Å². The topological polar surface area (TPSA) is 52.0 Å². The first-order chi connectivity index (χ1) is 9.41. The largest absolute Gasteiger partial charge is 0.274 e. The molecule has 0 aromatic carbocycles. The van der Waals surface area contributed by atoms with Crippen molar-refractivity contribution in [2.45, 2.75) is 96.8 Å². The van der Waals surface area contributed by atoms with Crippen LogP contribution in [0.3, 0.4) is 0 Å².